The summed E-state index contributed by atoms with van der Waals surface area (Å²) in [7, 11) is 0. The van der Waals surface area contributed by atoms with Crippen LogP contribution < -0.4 is 0 Å². The molecular formula is C14H15NO2S. The number of nitrogens with zero attached hydrogens (tertiary/aromatic N) is 1. The number of aryl methyl sites for hydroxylation is 2. The van der Waals surface area contributed by atoms with Crippen molar-refractivity contribution >= 4 is 17.3 Å². The second kappa shape index (κ2) is 5.78. The Morgan fingerprint density at radius 1 is 1.44 bits per heavy atom. The zero-order valence-corrected chi connectivity index (χ0v) is 11.3. The van der Waals surface area contributed by atoms with Gasteiger partial charge >= 0.3 is 5.97 Å². The van der Waals surface area contributed by atoms with E-state index in [1.165, 1.54) is 0 Å². The van der Waals surface area contributed by atoms with Gasteiger partial charge in [0.1, 0.15) is 6.61 Å². The highest BCUT2D eigenvalue weighted by Gasteiger charge is 2.08. The van der Waals surface area contributed by atoms with Crippen LogP contribution in [0.25, 0.3) is 0 Å². The zero-order valence-electron chi connectivity index (χ0n) is 10.5. The molecular weight excluding hydrogens is 246 g/mol. The van der Waals surface area contributed by atoms with Gasteiger partial charge in [-0.1, -0.05) is 24.6 Å². The lowest BCUT2D eigenvalue weighted by Crippen LogP contribution is -2.05. The van der Waals surface area contributed by atoms with Gasteiger partial charge in [0.05, 0.1) is 16.3 Å². The first-order valence-electron chi connectivity index (χ1n) is 5.86. The van der Waals surface area contributed by atoms with Crippen molar-refractivity contribution in [2.45, 2.75) is 26.9 Å². The lowest BCUT2D eigenvalue weighted by molar-refractivity contribution is 0.0468. The normalized spacial score (nSPS) is 10.3. The minimum Gasteiger partial charge on any atom is -0.456 e. The SMILES string of the molecule is CCc1nc(COC(=O)c2cccc(C)c2)cs1. The average Bonchev–Trinajstić information content (AvgIpc) is 2.84. The first-order valence-corrected chi connectivity index (χ1v) is 6.74. The molecule has 0 aliphatic carbocycles. The number of hydrogen-bond donors (Lipinski definition) is 0. The third-order valence-corrected chi connectivity index (χ3v) is 3.55. The third-order valence-electron chi connectivity index (χ3n) is 2.51. The van der Waals surface area contributed by atoms with Crippen LogP contribution in [0.15, 0.2) is 29.6 Å². The molecule has 0 N–H and O–H groups in total. The van der Waals surface area contributed by atoms with E-state index in [0.29, 0.717) is 5.56 Å². The molecule has 1 aromatic heterocycles. The van der Waals surface area contributed by atoms with Gasteiger partial charge in [0.25, 0.3) is 0 Å². The molecule has 0 spiro atoms. The van der Waals surface area contributed by atoms with Gasteiger partial charge in [-0.25, -0.2) is 9.78 Å². The van der Waals surface area contributed by atoms with E-state index < -0.39 is 0 Å². The predicted octanol–water partition coefficient (Wildman–Crippen LogP) is 3.37. The average molecular weight is 261 g/mol. The topological polar surface area (TPSA) is 39.2 Å². The second-order valence-electron chi connectivity index (χ2n) is 4.03. The fraction of sp³-hybridized carbons (Fsp3) is 0.286. The molecule has 1 aromatic carbocycles. The Bertz CT molecular complexity index is 548. The maximum Gasteiger partial charge on any atom is 0.338 e. The molecule has 0 bridgehead atoms. The Morgan fingerprint density at radius 2 is 2.28 bits per heavy atom. The number of benzene rings is 1. The molecule has 0 saturated heterocycles. The zero-order chi connectivity index (χ0) is 13.0. The molecule has 0 saturated carbocycles. The summed E-state index contributed by atoms with van der Waals surface area (Å²) in [4.78, 5) is 16.2. The maximum atomic E-state index is 11.8. The van der Waals surface area contributed by atoms with E-state index >= 15 is 0 Å². The van der Waals surface area contributed by atoms with Crippen LogP contribution in [0.4, 0.5) is 0 Å². The van der Waals surface area contributed by atoms with Crippen LogP contribution in [-0.4, -0.2) is 11.0 Å². The van der Waals surface area contributed by atoms with Gasteiger partial charge in [0.2, 0.25) is 0 Å². The van der Waals surface area contributed by atoms with Crippen LogP contribution in [0.2, 0.25) is 0 Å². The van der Waals surface area contributed by atoms with Crippen molar-refractivity contribution < 1.29 is 9.53 Å². The van der Waals surface area contributed by atoms with Gasteiger partial charge in [0, 0.05) is 5.38 Å². The number of esters is 1. The smallest absolute Gasteiger partial charge is 0.338 e. The molecule has 94 valence electrons. The molecule has 2 aromatic rings. The standard InChI is InChI=1S/C14H15NO2S/c1-3-13-15-12(9-18-13)8-17-14(16)11-6-4-5-10(2)7-11/h4-7,9H,3,8H2,1-2H3. The molecule has 0 aliphatic rings. The van der Waals surface area contributed by atoms with Crippen LogP contribution in [0.5, 0.6) is 0 Å². The Labute approximate surface area is 110 Å². The van der Waals surface area contributed by atoms with E-state index in [0.717, 1.165) is 22.7 Å². The van der Waals surface area contributed by atoms with Crippen molar-refractivity contribution in [2.75, 3.05) is 0 Å². The highest BCUT2D eigenvalue weighted by molar-refractivity contribution is 7.09. The highest BCUT2D eigenvalue weighted by atomic mass is 32.1. The number of carbonyl (C=O) groups is 1. The van der Waals surface area contributed by atoms with Crippen molar-refractivity contribution in [3.8, 4) is 0 Å². The number of carbonyl (C=O) groups excluding carboxylic acids is 1. The van der Waals surface area contributed by atoms with Gasteiger partial charge in [-0.2, -0.15) is 0 Å². The second-order valence-corrected chi connectivity index (χ2v) is 4.97. The molecule has 3 nitrogen and oxygen atoms in total. The number of thiazole rings is 1. The van der Waals surface area contributed by atoms with E-state index in [1.807, 2.05) is 30.5 Å². The first-order chi connectivity index (χ1) is 8.69. The largest absolute Gasteiger partial charge is 0.456 e. The summed E-state index contributed by atoms with van der Waals surface area (Å²) in [6, 6.07) is 7.38. The fourth-order valence-electron chi connectivity index (χ4n) is 1.57. The number of ether oxygens (including phenoxy) is 1. The minimum absolute atomic E-state index is 0.239. The number of rotatable bonds is 4. The number of hydrogen-bond acceptors (Lipinski definition) is 4. The Balaban J connectivity index is 1.96. The van der Waals surface area contributed by atoms with Gasteiger partial charge in [0.15, 0.2) is 0 Å². The predicted molar refractivity (Wildman–Crippen MR) is 71.8 cm³/mol. The fourth-order valence-corrected chi connectivity index (χ4v) is 2.30. The first kappa shape index (κ1) is 12.8. The van der Waals surface area contributed by atoms with Crippen LogP contribution in [0.3, 0.4) is 0 Å². The molecule has 4 heteroatoms. The molecule has 0 atom stereocenters. The van der Waals surface area contributed by atoms with Crippen LogP contribution >= 0.6 is 11.3 Å². The quantitative estimate of drug-likeness (QED) is 0.792. The summed E-state index contributed by atoms with van der Waals surface area (Å²) in [5.74, 6) is -0.301. The van der Waals surface area contributed by atoms with Crippen molar-refractivity contribution in [3.63, 3.8) is 0 Å². The number of aromatic nitrogens is 1. The monoisotopic (exact) mass is 261 g/mol. The van der Waals surface area contributed by atoms with Crippen molar-refractivity contribution in [1.29, 1.82) is 0 Å². The summed E-state index contributed by atoms with van der Waals surface area (Å²) < 4.78 is 5.23. The van der Waals surface area contributed by atoms with E-state index in [1.54, 1.807) is 17.4 Å². The molecule has 0 unspecified atom stereocenters. The van der Waals surface area contributed by atoms with Gasteiger partial charge in [-0.05, 0) is 25.5 Å². The summed E-state index contributed by atoms with van der Waals surface area (Å²) in [5, 5.41) is 3.00. The van der Waals surface area contributed by atoms with Crippen molar-refractivity contribution in [2.24, 2.45) is 0 Å². The van der Waals surface area contributed by atoms with Crippen molar-refractivity contribution in [3.05, 3.63) is 51.5 Å². The maximum absolute atomic E-state index is 11.8. The van der Waals surface area contributed by atoms with E-state index in [4.69, 9.17) is 4.74 Å². The summed E-state index contributed by atoms with van der Waals surface area (Å²) in [5.41, 5.74) is 2.45. The Morgan fingerprint density at radius 3 is 2.94 bits per heavy atom. The van der Waals surface area contributed by atoms with Crippen molar-refractivity contribution in [1.82, 2.24) is 4.98 Å². The third kappa shape index (κ3) is 3.17. The van der Waals surface area contributed by atoms with Crippen LogP contribution in [0, 0.1) is 6.92 Å². The van der Waals surface area contributed by atoms with E-state index in [-0.39, 0.29) is 12.6 Å². The molecule has 0 radical (unpaired) electrons. The Kier molecular flexibility index (Phi) is 4.10. The van der Waals surface area contributed by atoms with Crippen LogP contribution in [-0.2, 0) is 17.8 Å². The molecule has 0 aliphatic heterocycles. The van der Waals surface area contributed by atoms with E-state index in [9.17, 15) is 4.79 Å². The summed E-state index contributed by atoms with van der Waals surface area (Å²) >= 11 is 1.60. The van der Waals surface area contributed by atoms with Gasteiger partial charge < -0.3 is 4.74 Å². The minimum atomic E-state index is -0.301. The highest BCUT2D eigenvalue weighted by Crippen LogP contribution is 2.12. The summed E-state index contributed by atoms with van der Waals surface area (Å²) in [6.45, 7) is 4.25. The van der Waals surface area contributed by atoms with Gasteiger partial charge in [-0.15, -0.1) is 11.3 Å². The Hall–Kier alpha value is -1.68. The lowest BCUT2D eigenvalue weighted by atomic mass is 10.1. The molecule has 1 heterocycles. The molecule has 0 amide bonds. The van der Waals surface area contributed by atoms with E-state index in [2.05, 4.69) is 11.9 Å². The lowest BCUT2D eigenvalue weighted by Gasteiger charge is -2.03. The van der Waals surface area contributed by atoms with Gasteiger partial charge in [-0.3, -0.25) is 0 Å². The molecule has 0 fully saturated rings. The molecule has 2 rings (SSSR count). The van der Waals surface area contributed by atoms with Crippen LogP contribution in [0.1, 0.15) is 33.5 Å². The molecule has 18 heavy (non-hydrogen) atoms. The summed E-state index contributed by atoms with van der Waals surface area (Å²) in [6.07, 6.45) is 0.913.